The zero-order chi connectivity index (χ0) is 10.1. The van der Waals surface area contributed by atoms with Gasteiger partial charge in [0.1, 0.15) is 0 Å². The van der Waals surface area contributed by atoms with Crippen LogP contribution >= 0.6 is 0 Å². The molecule has 78 valence electrons. The molecule has 3 nitrogen and oxygen atoms in total. The number of aliphatic hydroxyl groups excluding tert-OH is 2. The molecule has 1 atom stereocenters. The molecule has 1 aliphatic rings. The first-order chi connectivity index (χ1) is 5.90. The summed E-state index contributed by atoms with van der Waals surface area (Å²) in [6.07, 6.45) is -1.59. The molecule has 0 aliphatic heterocycles. The lowest BCUT2D eigenvalue weighted by Gasteiger charge is -2.39. The summed E-state index contributed by atoms with van der Waals surface area (Å²) in [4.78, 5) is 0. The Bertz CT molecular complexity index is 177. The zero-order valence-electron chi connectivity index (χ0n) is 7.34. The first kappa shape index (κ1) is 10.8. The molecular formula is C8H15F2NO2. The fourth-order valence-corrected chi connectivity index (χ4v) is 1.60. The third-order valence-corrected chi connectivity index (χ3v) is 2.75. The van der Waals surface area contributed by atoms with Gasteiger partial charge in [-0.2, -0.15) is 0 Å². The van der Waals surface area contributed by atoms with Gasteiger partial charge in [0, 0.05) is 18.4 Å². The van der Waals surface area contributed by atoms with Crippen molar-refractivity contribution in [3.8, 4) is 0 Å². The summed E-state index contributed by atoms with van der Waals surface area (Å²) in [5.41, 5.74) is 4.66. The number of rotatable bonds is 2. The third-order valence-electron chi connectivity index (χ3n) is 2.75. The summed E-state index contributed by atoms with van der Waals surface area (Å²) in [5, 5.41) is 18.0. The van der Waals surface area contributed by atoms with Crippen molar-refractivity contribution < 1.29 is 19.0 Å². The minimum absolute atomic E-state index is 0.0573. The fourth-order valence-electron chi connectivity index (χ4n) is 1.60. The van der Waals surface area contributed by atoms with Gasteiger partial charge in [-0.25, -0.2) is 8.78 Å². The Labute approximate surface area is 75.5 Å². The molecule has 0 aromatic carbocycles. The molecule has 1 saturated carbocycles. The molecule has 1 rings (SSSR count). The summed E-state index contributed by atoms with van der Waals surface area (Å²) < 4.78 is 25.4. The van der Waals surface area contributed by atoms with Crippen LogP contribution in [0.1, 0.15) is 25.7 Å². The topological polar surface area (TPSA) is 66.5 Å². The predicted molar refractivity (Wildman–Crippen MR) is 43.4 cm³/mol. The van der Waals surface area contributed by atoms with Crippen molar-refractivity contribution in [2.24, 2.45) is 5.73 Å². The Kier molecular flexibility index (Phi) is 2.89. The average molecular weight is 195 g/mol. The van der Waals surface area contributed by atoms with E-state index in [4.69, 9.17) is 10.8 Å². The van der Waals surface area contributed by atoms with E-state index in [-0.39, 0.29) is 25.7 Å². The highest BCUT2D eigenvalue weighted by Gasteiger charge is 2.44. The van der Waals surface area contributed by atoms with Crippen molar-refractivity contribution in [3.63, 3.8) is 0 Å². The summed E-state index contributed by atoms with van der Waals surface area (Å²) >= 11 is 0. The van der Waals surface area contributed by atoms with Gasteiger partial charge in [-0.05, 0) is 12.8 Å². The standard InChI is InChI=1S/C8H15F2NO2/c9-8(10)3-1-7(11,2-4-8)6(13)5-12/h6,12-13H,1-5,11H2. The molecule has 0 bridgehead atoms. The van der Waals surface area contributed by atoms with E-state index < -0.39 is 24.2 Å². The number of hydrogen-bond donors (Lipinski definition) is 3. The van der Waals surface area contributed by atoms with Crippen molar-refractivity contribution >= 4 is 0 Å². The summed E-state index contributed by atoms with van der Waals surface area (Å²) in [5.74, 6) is -2.65. The second-order valence-electron chi connectivity index (χ2n) is 3.79. The molecule has 5 heteroatoms. The Morgan fingerprint density at radius 3 is 2.08 bits per heavy atom. The molecule has 0 aromatic heterocycles. The molecule has 1 fully saturated rings. The van der Waals surface area contributed by atoms with Crippen LogP contribution in [0.5, 0.6) is 0 Å². The minimum Gasteiger partial charge on any atom is -0.394 e. The van der Waals surface area contributed by atoms with Gasteiger partial charge < -0.3 is 15.9 Å². The van der Waals surface area contributed by atoms with E-state index in [1.54, 1.807) is 0 Å². The van der Waals surface area contributed by atoms with Crippen LogP contribution in [0.3, 0.4) is 0 Å². The maximum Gasteiger partial charge on any atom is 0.248 e. The van der Waals surface area contributed by atoms with Crippen LogP contribution in [0.2, 0.25) is 0 Å². The molecule has 4 N–H and O–H groups in total. The first-order valence-electron chi connectivity index (χ1n) is 4.35. The normalized spacial score (nSPS) is 28.4. The smallest absolute Gasteiger partial charge is 0.248 e. The van der Waals surface area contributed by atoms with Crippen LogP contribution in [-0.4, -0.2) is 34.4 Å². The van der Waals surface area contributed by atoms with Crippen LogP contribution in [0.4, 0.5) is 8.78 Å². The van der Waals surface area contributed by atoms with E-state index in [0.29, 0.717) is 0 Å². The van der Waals surface area contributed by atoms with Crippen molar-refractivity contribution in [3.05, 3.63) is 0 Å². The molecule has 13 heavy (non-hydrogen) atoms. The van der Waals surface area contributed by atoms with Crippen LogP contribution < -0.4 is 5.73 Å². The van der Waals surface area contributed by atoms with E-state index in [0.717, 1.165) is 0 Å². The molecule has 0 spiro atoms. The Morgan fingerprint density at radius 1 is 1.23 bits per heavy atom. The highest BCUT2D eigenvalue weighted by molar-refractivity contribution is 4.97. The largest absolute Gasteiger partial charge is 0.394 e. The van der Waals surface area contributed by atoms with Crippen molar-refractivity contribution in [2.45, 2.75) is 43.2 Å². The zero-order valence-corrected chi connectivity index (χ0v) is 7.34. The van der Waals surface area contributed by atoms with E-state index >= 15 is 0 Å². The quantitative estimate of drug-likeness (QED) is 0.591. The molecule has 0 radical (unpaired) electrons. The van der Waals surface area contributed by atoms with Crippen molar-refractivity contribution in [2.75, 3.05) is 6.61 Å². The van der Waals surface area contributed by atoms with Crippen LogP contribution in [0.25, 0.3) is 0 Å². The molecule has 0 heterocycles. The average Bonchev–Trinajstić information content (AvgIpc) is 2.09. The SMILES string of the molecule is NC1(C(O)CO)CCC(F)(F)CC1. The maximum absolute atomic E-state index is 12.7. The number of aliphatic hydroxyl groups is 2. The Morgan fingerprint density at radius 2 is 1.69 bits per heavy atom. The van der Waals surface area contributed by atoms with Crippen LogP contribution in [-0.2, 0) is 0 Å². The Hall–Kier alpha value is -0.260. The summed E-state index contributed by atoms with van der Waals surface area (Å²) in [6.45, 7) is -0.470. The first-order valence-corrected chi connectivity index (χ1v) is 4.35. The molecule has 0 saturated heterocycles. The van der Waals surface area contributed by atoms with Crippen LogP contribution in [0.15, 0.2) is 0 Å². The predicted octanol–water partition coefficient (Wildman–Crippen LogP) is 0.246. The van der Waals surface area contributed by atoms with E-state index in [2.05, 4.69) is 0 Å². The van der Waals surface area contributed by atoms with Gasteiger partial charge >= 0.3 is 0 Å². The van der Waals surface area contributed by atoms with E-state index in [9.17, 15) is 13.9 Å². The third kappa shape index (κ3) is 2.36. The van der Waals surface area contributed by atoms with Gasteiger partial charge in [0.25, 0.3) is 0 Å². The number of nitrogens with two attached hydrogens (primary N) is 1. The highest BCUT2D eigenvalue weighted by atomic mass is 19.3. The fraction of sp³-hybridized carbons (Fsp3) is 1.00. The second-order valence-corrected chi connectivity index (χ2v) is 3.79. The van der Waals surface area contributed by atoms with Gasteiger partial charge in [0.05, 0.1) is 12.7 Å². The monoisotopic (exact) mass is 195 g/mol. The van der Waals surface area contributed by atoms with Crippen LogP contribution in [0, 0.1) is 0 Å². The maximum atomic E-state index is 12.7. The molecule has 0 aromatic rings. The van der Waals surface area contributed by atoms with Gasteiger partial charge in [0.2, 0.25) is 5.92 Å². The van der Waals surface area contributed by atoms with Gasteiger partial charge in [0.15, 0.2) is 0 Å². The highest BCUT2D eigenvalue weighted by Crippen LogP contribution is 2.38. The molecular weight excluding hydrogens is 180 g/mol. The lowest BCUT2D eigenvalue weighted by atomic mass is 9.77. The summed E-state index contributed by atoms with van der Waals surface area (Å²) in [7, 11) is 0. The van der Waals surface area contributed by atoms with Gasteiger partial charge in [-0.15, -0.1) is 0 Å². The number of halogens is 2. The summed E-state index contributed by atoms with van der Waals surface area (Å²) in [6, 6.07) is 0. The molecule has 1 unspecified atom stereocenters. The lowest BCUT2D eigenvalue weighted by Crippen LogP contribution is -2.56. The van der Waals surface area contributed by atoms with E-state index in [1.807, 2.05) is 0 Å². The van der Waals surface area contributed by atoms with E-state index in [1.165, 1.54) is 0 Å². The second kappa shape index (κ2) is 3.48. The number of hydrogen-bond acceptors (Lipinski definition) is 3. The van der Waals surface area contributed by atoms with Crippen molar-refractivity contribution in [1.82, 2.24) is 0 Å². The number of alkyl halides is 2. The molecule has 0 amide bonds. The minimum atomic E-state index is -2.65. The van der Waals surface area contributed by atoms with Gasteiger partial charge in [-0.1, -0.05) is 0 Å². The Balaban J connectivity index is 2.56. The molecule has 1 aliphatic carbocycles. The lowest BCUT2D eigenvalue weighted by molar-refractivity contribution is -0.0777. The van der Waals surface area contributed by atoms with Crippen molar-refractivity contribution in [1.29, 1.82) is 0 Å². The van der Waals surface area contributed by atoms with Gasteiger partial charge in [-0.3, -0.25) is 0 Å².